The Morgan fingerprint density at radius 1 is 0.893 bits per heavy atom. The van der Waals surface area contributed by atoms with E-state index in [-0.39, 0.29) is 24.0 Å². The van der Waals surface area contributed by atoms with Crippen LogP contribution in [-0.4, -0.2) is 26.7 Å². The van der Waals surface area contributed by atoms with Gasteiger partial charge in [0.15, 0.2) is 17.5 Å². The number of aliphatic imine (C=N–C) groups is 1. The first-order valence-electron chi connectivity index (χ1n) is 8.92. The number of guanidine groups is 1. The van der Waals surface area contributed by atoms with E-state index < -0.39 is 0 Å². The number of hydrogen-bond donors (Lipinski definition) is 2. The highest BCUT2D eigenvalue weighted by Crippen LogP contribution is 2.27. The summed E-state index contributed by atoms with van der Waals surface area (Å²) in [6, 6.07) is 20.5. The number of nitrogens with two attached hydrogens (primary N) is 1. The molecule has 28 heavy (non-hydrogen) atoms. The normalized spacial score (nSPS) is 11.0. The predicted octanol–water partition coefficient (Wildman–Crippen LogP) is 4.12. The highest BCUT2D eigenvalue weighted by atomic mass is 127. The van der Waals surface area contributed by atoms with Gasteiger partial charge in [-0.1, -0.05) is 42.5 Å². The standard InChI is InChI=1S/C22H25N3O2.HI/c1-26-20-10-8-16(14-21(20)27-2)11-12-24-22(23)25-15-17-7-9-18-5-3-4-6-19(18)13-17;/h3-10,13-14H,11-12,15H2,1-2H3,(H3,23,24,25);1H. The Balaban J connectivity index is 0.00000280. The van der Waals surface area contributed by atoms with E-state index in [1.807, 2.05) is 30.3 Å². The molecule has 3 aromatic rings. The van der Waals surface area contributed by atoms with Gasteiger partial charge in [-0.15, -0.1) is 24.0 Å². The molecular weight excluding hydrogens is 465 g/mol. The van der Waals surface area contributed by atoms with Gasteiger partial charge in [-0.25, -0.2) is 4.99 Å². The van der Waals surface area contributed by atoms with Crippen LogP contribution in [0.5, 0.6) is 11.5 Å². The third-order valence-corrected chi connectivity index (χ3v) is 4.41. The van der Waals surface area contributed by atoms with E-state index in [9.17, 15) is 0 Å². The van der Waals surface area contributed by atoms with Crippen LogP contribution in [0.3, 0.4) is 0 Å². The van der Waals surface area contributed by atoms with Crippen LogP contribution < -0.4 is 20.5 Å². The van der Waals surface area contributed by atoms with E-state index in [0.29, 0.717) is 19.0 Å². The third kappa shape index (κ3) is 5.76. The number of methoxy groups -OCH3 is 2. The van der Waals surface area contributed by atoms with Gasteiger partial charge >= 0.3 is 0 Å². The molecule has 0 aliphatic heterocycles. The maximum absolute atomic E-state index is 5.99. The molecule has 3 aromatic carbocycles. The third-order valence-electron chi connectivity index (χ3n) is 4.41. The summed E-state index contributed by atoms with van der Waals surface area (Å²) in [6.07, 6.45) is 0.812. The van der Waals surface area contributed by atoms with Crippen molar-refractivity contribution in [2.75, 3.05) is 20.8 Å². The molecule has 0 atom stereocenters. The zero-order chi connectivity index (χ0) is 19.1. The van der Waals surface area contributed by atoms with Crippen molar-refractivity contribution in [3.05, 3.63) is 71.8 Å². The zero-order valence-electron chi connectivity index (χ0n) is 16.1. The molecule has 0 amide bonds. The number of nitrogens with zero attached hydrogens (tertiary/aromatic N) is 1. The molecule has 0 aliphatic carbocycles. The SMILES string of the molecule is COc1ccc(CCNC(N)=NCc2ccc3ccccc3c2)cc1OC.I. The molecule has 0 spiro atoms. The Bertz CT molecular complexity index is 944. The monoisotopic (exact) mass is 491 g/mol. The van der Waals surface area contributed by atoms with Crippen LogP contribution >= 0.6 is 24.0 Å². The molecular formula is C22H26IN3O2. The Morgan fingerprint density at radius 2 is 1.61 bits per heavy atom. The minimum atomic E-state index is 0. The van der Waals surface area contributed by atoms with E-state index in [2.05, 4.69) is 40.6 Å². The number of rotatable bonds is 7. The molecule has 5 nitrogen and oxygen atoms in total. The fourth-order valence-corrected chi connectivity index (χ4v) is 2.94. The van der Waals surface area contributed by atoms with Crippen LogP contribution in [0.15, 0.2) is 65.7 Å². The second-order valence-electron chi connectivity index (χ2n) is 6.25. The van der Waals surface area contributed by atoms with Gasteiger partial charge in [0.25, 0.3) is 0 Å². The van der Waals surface area contributed by atoms with Gasteiger partial charge in [-0.2, -0.15) is 0 Å². The zero-order valence-corrected chi connectivity index (χ0v) is 18.5. The van der Waals surface area contributed by atoms with Crippen LogP contribution in [0.2, 0.25) is 0 Å². The first-order valence-corrected chi connectivity index (χ1v) is 8.92. The predicted molar refractivity (Wildman–Crippen MR) is 126 cm³/mol. The highest BCUT2D eigenvalue weighted by molar-refractivity contribution is 14.0. The summed E-state index contributed by atoms with van der Waals surface area (Å²) in [7, 11) is 3.27. The van der Waals surface area contributed by atoms with Gasteiger partial charge in [-0.05, 0) is 46.5 Å². The van der Waals surface area contributed by atoms with Gasteiger partial charge in [-0.3, -0.25) is 0 Å². The molecule has 0 aromatic heterocycles. The highest BCUT2D eigenvalue weighted by Gasteiger charge is 2.04. The van der Waals surface area contributed by atoms with E-state index >= 15 is 0 Å². The van der Waals surface area contributed by atoms with Crippen LogP contribution in [0, 0.1) is 0 Å². The minimum absolute atomic E-state index is 0. The van der Waals surface area contributed by atoms with Crippen molar-refractivity contribution in [1.82, 2.24) is 5.32 Å². The minimum Gasteiger partial charge on any atom is -0.493 e. The number of ether oxygens (including phenoxy) is 2. The summed E-state index contributed by atoms with van der Waals surface area (Å²) in [4.78, 5) is 4.43. The average molecular weight is 491 g/mol. The molecule has 0 saturated heterocycles. The smallest absolute Gasteiger partial charge is 0.188 e. The van der Waals surface area contributed by atoms with Crippen LogP contribution in [0.25, 0.3) is 10.8 Å². The van der Waals surface area contributed by atoms with Gasteiger partial charge in [0.05, 0.1) is 20.8 Å². The second kappa shape index (κ2) is 10.8. The molecule has 0 bridgehead atoms. The summed E-state index contributed by atoms with van der Waals surface area (Å²) >= 11 is 0. The molecule has 148 valence electrons. The summed E-state index contributed by atoms with van der Waals surface area (Å²) < 4.78 is 10.6. The first-order chi connectivity index (χ1) is 13.2. The van der Waals surface area contributed by atoms with E-state index in [4.69, 9.17) is 15.2 Å². The summed E-state index contributed by atoms with van der Waals surface area (Å²) in [5.41, 5.74) is 8.27. The largest absolute Gasteiger partial charge is 0.493 e. The summed E-state index contributed by atoms with van der Waals surface area (Å²) in [5, 5.41) is 5.60. The average Bonchev–Trinajstić information content (AvgIpc) is 2.72. The lowest BCUT2D eigenvalue weighted by atomic mass is 10.1. The van der Waals surface area contributed by atoms with Gasteiger partial charge < -0.3 is 20.5 Å². The summed E-state index contributed by atoms with van der Waals surface area (Å²) in [6.45, 7) is 1.25. The van der Waals surface area contributed by atoms with Crippen molar-refractivity contribution in [1.29, 1.82) is 0 Å². The van der Waals surface area contributed by atoms with E-state index in [1.165, 1.54) is 10.8 Å². The molecule has 3 N–H and O–H groups in total. The molecule has 0 saturated carbocycles. The number of fused-ring (bicyclic) bond motifs is 1. The fraction of sp³-hybridized carbons (Fsp3) is 0.227. The maximum atomic E-state index is 5.99. The number of hydrogen-bond acceptors (Lipinski definition) is 3. The van der Waals surface area contributed by atoms with Crippen molar-refractivity contribution in [2.45, 2.75) is 13.0 Å². The van der Waals surface area contributed by atoms with Crippen LogP contribution in [0.1, 0.15) is 11.1 Å². The molecule has 6 heteroatoms. The van der Waals surface area contributed by atoms with Gasteiger partial charge in [0.1, 0.15) is 0 Å². The van der Waals surface area contributed by atoms with Crippen molar-refractivity contribution in [3.63, 3.8) is 0 Å². The Hall–Kier alpha value is -2.48. The van der Waals surface area contributed by atoms with Gasteiger partial charge in [0, 0.05) is 6.54 Å². The topological polar surface area (TPSA) is 68.9 Å². The van der Waals surface area contributed by atoms with Crippen LogP contribution in [0.4, 0.5) is 0 Å². The molecule has 0 fully saturated rings. The number of nitrogens with one attached hydrogen (secondary N) is 1. The van der Waals surface area contributed by atoms with Crippen molar-refractivity contribution >= 4 is 40.7 Å². The van der Waals surface area contributed by atoms with Crippen molar-refractivity contribution < 1.29 is 9.47 Å². The molecule has 0 unspecified atom stereocenters. The lowest BCUT2D eigenvalue weighted by Gasteiger charge is -2.10. The molecule has 0 heterocycles. The lowest BCUT2D eigenvalue weighted by molar-refractivity contribution is 0.354. The Kier molecular flexibility index (Phi) is 8.38. The van der Waals surface area contributed by atoms with Crippen LogP contribution in [-0.2, 0) is 13.0 Å². The Labute approximate surface area is 183 Å². The maximum Gasteiger partial charge on any atom is 0.188 e. The van der Waals surface area contributed by atoms with Crippen molar-refractivity contribution in [2.24, 2.45) is 10.7 Å². The number of halogens is 1. The first kappa shape index (κ1) is 21.8. The van der Waals surface area contributed by atoms with E-state index in [1.54, 1.807) is 14.2 Å². The van der Waals surface area contributed by atoms with Crippen molar-refractivity contribution in [3.8, 4) is 11.5 Å². The quantitative estimate of drug-likeness (QED) is 0.297. The van der Waals surface area contributed by atoms with Gasteiger partial charge in [0.2, 0.25) is 0 Å². The Morgan fingerprint density at radius 3 is 2.36 bits per heavy atom. The molecule has 0 aliphatic rings. The summed E-state index contributed by atoms with van der Waals surface area (Å²) in [5.74, 6) is 1.90. The fourth-order valence-electron chi connectivity index (χ4n) is 2.94. The molecule has 3 rings (SSSR count). The molecule has 0 radical (unpaired) electrons. The lowest BCUT2D eigenvalue weighted by Crippen LogP contribution is -2.33. The van der Waals surface area contributed by atoms with E-state index in [0.717, 1.165) is 29.0 Å². The number of benzene rings is 3. The second-order valence-corrected chi connectivity index (χ2v) is 6.25.